The molecule has 116 valence electrons. The Kier molecular flexibility index (Phi) is 3.74. The first kappa shape index (κ1) is 14.9. The van der Waals surface area contributed by atoms with Crippen LogP contribution in [0.4, 0.5) is 5.69 Å². The molecule has 2 aliphatic rings. The van der Waals surface area contributed by atoms with Gasteiger partial charge in [-0.1, -0.05) is 25.0 Å². The van der Waals surface area contributed by atoms with Crippen LogP contribution in [0.25, 0.3) is 0 Å². The summed E-state index contributed by atoms with van der Waals surface area (Å²) >= 11 is 0. The molecular formula is C16H24N2O2S. The minimum Gasteiger partial charge on any atom is -0.398 e. The van der Waals surface area contributed by atoms with Crippen molar-refractivity contribution in [3.63, 3.8) is 0 Å². The molecule has 1 saturated heterocycles. The maximum atomic E-state index is 12.9. The zero-order chi connectivity index (χ0) is 15.1. The van der Waals surface area contributed by atoms with Crippen molar-refractivity contribution in [2.24, 2.45) is 5.41 Å². The van der Waals surface area contributed by atoms with Gasteiger partial charge in [0.2, 0.25) is 10.0 Å². The predicted octanol–water partition coefficient (Wildman–Crippen LogP) is 2.92. The molecule has 1 aliphatic heterocycles. The van der Waals surface area contributed by atoms with Crippen molar-refractivity contribution in [3.8, 4) is 0 Å². The van der Waals surface area contributed by atoms with Gasteiger partial charge in [0.05, 0.1) is 5.69 Å². The van der Waals surface area contributed by atoms with Crippen molar-refractivity contribution >= 4 is 15.7 Å². The Bertz CT molecular complexity index is 603. The number of aryl methyl sites for hydroxylation is 1. The van der Waals surface area contributed by atoms with E-state index in [1.165, 1.54) is 25.7 Å². The second kappa shape index (κ2) is 5.29. The number of sulfonamides is 1. The van der Waals surface area contributed by atoms with Crippen LogP contribution in [0.5, 0.6) is 0 Å². The van der Waals surface area contributed by atoms with E-state index in [2.05, 4.69) is 0 Å². The van der Waals surface area contributed by atoms with E-state index in [4.69, 9.17) is 5.73 Å². The molecule has 3 rings (SSSR count). The standard InChI is InChI=1S/C16H24N2O2S/c1-13-5-4-6-14(17)15(13)21(19,20)18-11-9-16(10-12-18)7-2-3-8-16/h4-6H,2-3,7-12,17H2,1H3. The minimum absolute atomic E-state index is 0.298. The highest BCUT2D eigenvalue weighted by molar-refractivity contribution is 7.89. The van der Waals surface area contributed by atoms with E-state index in [9.17, 15) is 8.42 Å². The van der Waals surface area contributed by atoms with Crippen LogP contribution in [-0.4, -0.2) is 25.8 Å². The Morgan fingerprint density at radius 3 is 2.29 bits per heavy atom. The largest absolute Gasteiger partial charge is 0.398 e. The van der Waals surface area contributed by atoms with Crippen LogP contribution < -0.4 is 5.73 Å². The van der Waals surface area contributed by atoms with Crippen LogP contribution in [0.3, 0.4) is 0 Å². The molecule has 0 aromatic heterocycles. The third-order valence-electron chi connectivity index (χ3n) is 5.29. The van der Waals surface area contributed by atoms with Crippen molar-refractivity contribution in [1.29, 1.82) is 0 Å². The lowest BCUT2D eigenvalue weighted by Crippen LogP contribution is -2.42. The molecule has 5 heteroatoms. The molecule has 1 aromatic rings. The average Bonchev–Trinajstić information content (AvgIpc) is 2.87. The smallest absolute Gasteiger partial charge is 0.245 e. The molecule has 4 nitrogen and oxygen atoms in total. The summed E-state index contributed by atoms with van der Waals surface area (Å²) in [7, 11) is -3.46. The van der Waals surface area contributed by atoms with Crippen LogP contribution in [0, 0.1) is 12.3 Å². The van der Waals surface area contributed by atoms with E-state index < -0.39 is 10.0 Å². The third kappa shape index (κ3) is 2.57. The summed E-state index contributed by atoms with van der Waals surface area (Å²) in [6, 6.07) is 5.28. The average molecular weight is 308 g/mol. The van der Waals surface area contributed by atoms with Crippen molar-refractivity contribution in [1.82, 2.24) is 4.31 Å². The molecule has 21 heavy (non-hydrogen) atoms. The van der Waals surface area contributed by atoms with E-state index in [1.54, 1.807) is 16.4 Å². The van der Waals surface area contributed by atoms with Crippen molar-refractivity contribution in [3.05, 3.63) is 23.8 Å². The van der Waals surface area contributed by atoms with Gasteiger partial charge in [-0.05, 0) is 49.7 Å². The first-order valence-electron chi connectivity index (χ1n) is 7.80. The minimum atomic E-state index is -3.46. The van der Waals surface area contributed by atoms with E-state index >= 15 is 0 Å². The van der Waals surface area contributed by atoms with Crippen LogP contribution >= 0.6 is 0 Å². The van der Waals surface area contributed by atoms with Gasteiger partial charge in [0.25, 0.3) is 0 Å². The second-order valence-corrected chi connectivity index (χ2v) is 8.48. The summed E-state index contributed by atoms with van der Waals surface area (Å²) in [5, 5.41) is 0. The molecule has 1 saturated carbocycles. The number of nitrogens with two attached hydrogens (primary N) is 1. The molecule has 1 aliphatic carbocycles. The van der Waals surface area contributed by atoms with Gasteiger partial charge in [0, 0.05) is 13.1 Å². The van der Waals surface area contributed by atoms with E-state index in [1.807, 2.05) is 13.0 Å². The van der Waals surface area contributed by atoms with Gasteiger partial charge in [-0.25, -0.2) is 8.42 Å². The summed E-state index contributed by atoms with van der Waals surface area (Å²) in [4.78, 5) is 0.298. The van der Waals surface area contributed by atoms with Crippen molar-refractivity contribution < 1.29 is 8.42 Å². The molecule has 2 N–H and O–H groups in total. The normalized spacial score (nSPS) is 22.7. The maximum absolute atomic E-state index is 12.9. The lowest BCUT2D eigenvalue weighted by molar-refractivity contribution is 0.160. The molecular weight excluding hydrogens is 284 g/mol. The molecule has 2 fully saturated rings. The Labute approximate surface area is 127 Å². The summed E-state index contributed by atoms with van der Waals surface area (Å²) in [5.41, 5.74) is 7.43. The van der Waals surface area contributed by atoms with Gasteiger partial charge in [0.1, 0.15) is 4.90 Å². The topological polar surface area (TPSA) is 63.4 Å². The highest BCUT2D eigenvalue weighted by Gasteiger charge is 2.40. The highest BCUT2D eigenvalue weighted by Crippen LogP contribution is 2.47. The van der Waals surface area contributed by atoms with Gasteiger partial charge in [-0.2, -0.15) is 4.31 Å². The van der Waals surface area contributed by atoms with Gasteiger partial charge in [-0.3, -0.25) is 0 Å². The number of anilines is 1. The van der Waals surface area contributed by atoms with Crippen molar-refractivity contribution in [2.45, 2.75) is 50.3 Å². The number of nitrogens with zero attached hydrogens (tertiary/aromatic N) is 1. The van der Waals surface area contributed by atoms with Gasteiger partial charge < -0.3 is 5.73 Å². The second-order valence-electron chi connectivity index (χ2n) is 6.60. The zero-order valence-electron chi connectivity index (χ0n) is 12.6. The first-order chi connectivity index (χ1) is 9.95. The number of piperidine rings is 1. The van der Waals surface area contributed by atoms with Crippen LogP contribution in [0.15, 0.2) is 23.1 Å². The Morgan fingerprint density at radius 1 is 1.10 bits per heavy atom. The molecule has 0 amide bonds. The number of benzene rings is 1. The van der Waals surface area contributed by atoms with E-state index in [-0.39, 0.29) is 0 Å². The van der Waals surface area contributed by atoms with Crippen LogP contribution in [0.2, 0.25) is 0 Å². The summed E-state index contributed by atoms with van der Waals surface area (Å²) < 4.78 is 27.4. The third-order valence-corrected chi connectivity index (χ3v) is 7.41. The molecule has 1 heterocycles. The Hall–Kier alpha value is -1.07. The number of rotatable bonds is 2. The van der Waals surface area contributed by atoms with Gasteiger partial charge in [0.15, 0.2) is 0 Å². The SMILES string of the molecule is Cc1cccc(N)c1S(=O)(=O)N1CCC2(CCCC2)CC1. The van der Waals surface area contributed by atoms with E-state index in [0.29, 0.717) is 29.1 Å². The quantitative estimate of drug-likeness (QED) is 0.854. The fourth-order valence-corrected chi connectivity index (χ4v) is 5.74. The maximum Gasteiger partial charge on any atom is 0.245 e. The lowest BCUT2D eigenvalue weighted by Gasteiger charge is -2.38. The van der Waals surface area contributed by atoms with Crippen molar-refractivity contribution in [2.75, 3.05) is 18.8 Å². The monoisotopic (exact) mass is 308 g/mol. The number of hydrogen-bond donors (Lipinski definition) is 1. The molecule has 1 spiro atoms. The number of nitrogen functional groups attached to an aromatic ring is 1. The molecule has 1 aromatic carbocycles. The fraction of sp³-hybridized carbons (Fsp3) is 0.625. The van der Waals surface area contributed by atoms with Gasteiger partial charge in [-0.15, -0.1) is 0 Å². The summed E-state index contributed by atoms with van der Waals surface area (Å²) in [5.74, 6) is 0. The Balaban J connectivity index is 1.84. The van der Waals surface area contributed by atoms with E-state index in [0.717, 1.165) is 18.4 Å². The number of hydrogen-bond acceptors (Lipinski definition) is 3. The zero-order valence-corrected chi connectivity index (χ0v) is 13.5. The summed E-state index contributed by atoms with van der Waals surface area (Å²) in [6.45, 7) is 3.08. The van der Waals surface area contributed by atoms with Crippen LogP contribution in [0.1, 0.15) is 44.1 Å². The lowest BCUT2D eigenvalue weighted by atomic mass is 9.78. The molecule has 0 atom stereocenters. The summed E-state index contributed by atoms with van der Waals surface area (Å²) in [6.07, 6.45) is 7.14. The van der Waals surface area contributed by atoms with Gasteiger partial charge >= 0.3 is 0 Å². The highest BCUT2D eigenvalue weighted by atomic mass is 32.2. The Morgan fingerprint density at radius 2 is 1.71 bits per heavy atom. The molecule has 0 radical (unpaired) electrons. The first-order valence-corrected chi connectivity index (χ1v) is 9.24. The molecule has 0 bridgehead atoms. The fourth-order valence-electron chi connectivity index (χ4n) is 3.98. The van der Waals surface area contributed by atoms with Crippen LogP contribution in [-0.2, 0) is 10.0 Å². The predicted molar refractivity (Wildman–Crippen MR) is 84.5 cm³/mol. The molecule has 0 unspecified atom stereocenters.